The molecule has 1 rings (SSSR count). The second-order valence-electron chi connectivity index (χ2n) is 3.62. The second kappa shape index (κ2) is 5.72. The molecule has 0 amide bonds. The Labute approximate surface area is 106 Å². The first kappa shape index (κ1) is 14.3. The van der Waals surface area contributed by atoms with Gasteiger partial charge in [0.25, 0.3) is 0 Å². The highest BCUT2D eigenvalue weighted by atomic mass is 32.2. The van der Waals surface area contributed by atoms with Crippen molar-refractivity contribution < 1.29 is 23.1 Å². The topological polar surface area (TPSA) is 92.7 Å². The van der Waals surface area contributed by atoms with Crippen LogP contribution in [0.15, 0.2) is 18.2 Å². The van der Waals surface area contributed by atoms with Crippen LogP contribution in [0.25, 0.3) is 0 Å². The van der Waals surface area contributed by atoms with Crippen molar-refractivity contribution in [3.05, 3.63) is 23.8 Å². The van der Waals surface area contributed by atoms with Gasteiger partial charge in [0.05, 0.1) is 12.3 Å². The number of phenolic OH excluding ortho intramolecular Hbond substituents is 1. The summed E-state index contributed by atoms with van der Waals surface area (Å²) in [5.74, 6) is -1.59. The van der Waals surface area contributed by atoms with E-state index in [1.807, 2.05) is 0 Å². The van der Waals surface area contributed by atoms with E-state index in [0.29, 0.717) is 5.56 Å². The lowest BCUT2D eigenvalue weighted by Gasteiger charge is -2.10. The van der Waals surface area contributed by atoms with Crippen molar-refractivity contribution >= 4 is 21.7 Å². The average molecular weight is 273 g/mol. The molecule has 1 aromatic carbocycles. The number of sulfonamides is 1. The van der Waals surface area contributed by atoms with Crippen LogP contribution in [-0.4, -0.2) is 31.9 Å². The maximum atomic E-state index is 11.7. The number of hydrogen-bond acceptors (Lipinski definition) is 5. The Balaban J connectivity index is 2.83. The largest absolute Gasteiger partial charge is 0.508 e. The first-order chi connectivity index (χ1) is 8.35. The van der Waals surface area contributed by atoms with Crippen molar-refractivity contribution in [1.29, 1.82) is 0 Å². The summed E-state index contributed by atoms with van der Waals surface area (Å²) in [5.41, 5.74) is 0.629. The predicted molar refractivity (Wildman–Crippen MR) is 66.9 cm³/mol. The van der Waals surface area contributed by atoms with Gasteiger partial charge in [-0.2, -0.15) is 0 Å². The number of carbonyl (C=O) groups excluding carboxylic acids is 1. The van der Waals surface area contributed by atoms with E-state index in [2.05, 4.69) is 9.46 Å². The molecule has 0 unspecified atom stereocenters. The Morgan fingerprint density at radius 2 is 2.11 bits per heavy atom. The molecular weight excluding hydrogens is 258 g/mol. The highest BCUT2D eigenvalue weighted by molar-refractivity contribution is 7.93. The molecule has 0 heterocycles. The van der Waals surface area contributed by atoms with Gasteiger partial charge in [-0.1, -0.05) is 6.07 Å². The summed E-state index contributed by atoms with van der Waals surface area (Å²) < 4.78 is 30.1. The Bertz CT molecular complexity index is 538. The van der Waals surface area contributed by atoms with Gasteiger partial charge in [-0.25, -0.2) is 8.42 Å². The van der Waals surface area contributed by atoms with E-state index in [0.717, 1.165) is 0 Å². The van der Waals surface area contributed by atoms with Crippen molar-refractivity contribution in [3.8, 4) is 5.75 Å². The molecule has 0 aliphatic carbocycles. The van der Waals surface area contributed by atoms with Crippen molar-refractivity contribution in [3.63, 3.8) is 0 Å². The molecular formula is C11H15NO5S. The molecule has 0 aliphatic rings. The van der Waals surface area contributed by atoms with Gasteiger partial charge < -0.3 is 9.84 Å². The van der Waals surface area contributed by atoms with Crippen molar-refractivity contribution in [2.45, 2.75) is 13.8 Å². The quantitative estimate of drug-likeness (QED) is 0.781. The van der Waals surface area contributed by atoms with E-state index < -0.39 is 21.7 Å². The first-order valence-electron chi connectivity index (χ1n) is 5.30. The lowest BCUT2D eigenvalue weighted by atomic mass is 10.2. The molecule has 0 aliphatic heterocycles. The summed E-state index contributed by atoms with van der Waals surface area (Å²) in [5, 5.41) is 9.44. The maximum absolute atomic E-state index is 11.7. The minimum Gasteiger partial charge on any atom is -0.508 e. The van der Waals surface area contributed by atoms with Crippen molar-refractivity contribution in [2.24, 2.45) is 0 Å². The molecule has 0 fully saturated rings. The predicted octanol–water partition coefficient (Wildman–Crippen LogP) is 1.01. The SMILES string of the molecule is CCOC(=O)CS(=O)(=O)Nc1cccc(O)c1C. The highest BCUT2D eigenvalue weighted by Gasteiger charge is 2.18. The molecule has 0 atom stereocenters. The summed E-state index contributed by atoms with van der Waals surface area (Å²) >= 11 is 0. The summed E-state index contributed by atoms with van der Waals surface area (Å²) in [6.07, 6.45) is 0. The monoisotopic (exact) mass is 273 g/mol. The molecule has 0 saturated carbocycles. The Hall–Kier alpha value is -1.76. The molecule has 100 valence electrons. The number of nitrogens with one attached hydrogen (secondary N) is 1. The van der Waals surface area contributed by atoms with Gasteiger partial charge in [0.15, 0.2) is 5.75 Å². The summed E-state index contributed by atoms with van der Waals surface area (Å²) in [6, 6.07) is 4.45. The van der Waals surface area contributed by atoms with Gasteiger partial charge in [0, 0.05) is 5.56 Å². The van der Waals surface area contributed by atoms with E-state index in [-0.39, 0.29) is 18.0 Å². The van der Waals surface area contributed by atoms with Crippen LogP contribution in [0, 0.1) is 6.92 Å². The zero-order valence-corrected chi connectivity index (χ0v) is 11.0. The van der Waals surface area contributed by atoms with Crippen LogP contribution in [0.1, 0.15) is 12.5 Å². The fourth-order valence-electron chi connectivity index (χ4n) is 1.30. The average Bonchev–Trinajstić information content (AvgIpc) is 2.24. The van der Waals surface area contributed by atoms with Crippen LogP contribution in [-0.2, 0) is 19.6 Å². The fraction of sp³-hybridized carbons (Fsp3) is 0.364. The lowest BCUT2D eigenvalue weighted by molar-refractivity contribution is -0.139. The van der Waals surface area contributed by atoms with Crippen LogP contribution in [0.4, 0.5) is 5.69 Å². The molecule has 0 bridgehead atoms. The third kappa shape index (κ3) is 3.92. The van der Waals surface area contributed by atoms with Crippen LogP contribution < -0.4 is 4.72 Å². The van der Waals surface area contributed by atoms with Crippen LogP contribution >= 0.6 is 0 Å². The molecule has 0 aromatic heterocycles. The number of phenols is 1. The Kier molecular flexibility index (Phi) is 4.55. The normalized spacial score (nSPS) is 11.0. The van der Waals surface area contributed by atoms with Gasteiger partial charge in [-0.3, -0.25) is 9.52 Å². The number of aromatic hydroxyl groups is 1. The Morgan fingerprint density at radius 3 is 2.72 bits per heavy atom. The van der Waals surface area contributed by atoms with E-state index in [4.69, 9.17) is 0 Å². The number of hydrogen-bond donors (Lipinski definition) is 2. The van der Waals surface area contributed by atoms with Gasteiger partial charge in [-0.05, 0) is 26.0 Å². The van der Waals surface area contributed by atoms with Gasteiger partial charge in [0.2, 0.25) is 10.0 Å². The number of rotatable bonds is 5. The molecule has 7 heteroatoms. The maximum Gasteiger partial charge on any atom is 0.323 e. The summed E-state index contributed by atoms with van der Waals surface area (Å²) in [7, 11) is -3.83. The highest BCUT2D eigenvalue weighted by Crippen LogP contribution is 2.24. The van der Waals surface area contributed by atoms with E-state index in [1.165, 1.54) is 18.2 Å². The van der Waals surface area contributed by atoms with Crippen molar-refractivity contribution in [1.82, 2.24) is 0 Å². The van der Waals surface area contributed by atoms with E-state index in [9.17, 15) is 18.3 Å². The summed E-state index contributed by atoms with van der Waals surface area (Å²) in [4.78, 5) is 11.1. The molecule has 0 radical (unpaired) electrons. The number of carbonyl (C=O) groups is 1. The minimum atomic E-state index is -3.83. The second-order valence-corrected chi connectivity index (χ2v) is 5.34. The molecule has 0 saturated heterocycles. The van der Waals surface area contributed by atoms with Gasteiger partial charge in [-0.15, -0.1) is 0 Å². The molecule has 2 N–H and O–H groups in total. The molecule has 6 nitrogen and oxygen atoms in total. The zero-order chi connectivity index (χ0) is 13.8. The fourth-order valence-corrected chi connectivity index (χ4v) is 2.32. The van der Waals surface area contributed by atoms with E-state index >= 15 is 0 Å². The van der Waals surface area contributed by atoms with Crippen LogP contribution in [0.3, 0.4) is 0 Å². The third-order valence-electron chi connectivity index (χ3n) is 2.18. The van der Waals surface area contributed by atoms with E-state index in [1.54, 1.807) is 13.8 Å². The molecule has 1 aromatic rings. The number of anilines is 1. The van der Waals surface area contributed by atoms with Crippen molar-refractivity contribution in [2.75, 3.05) is 17.1 Å². The lowest BCUT2D eigenvalue weighted by Crippen LogP contribution is -2.24. The number of ether oxygens (including phenoxy) is 1. The Morgan fingerprint density at radius 1 is 1.44 bits per heavy atom. The standard InChI is InChI=1S/C11H15NO5S/c1-3-17-11(14)7-18(15,16)12-9-5-4-6-10(13)8(9)2/h4-6,12-13H,3,7H2,1-2H3. The molecule has 0 spiro atoms. The van der Waals surface area contributed by atoms with Gasteiger partial charge in [0.1, 0.15) is 5.75 Å². The number of esters is 1. The zero-order valence-electron chi connectivity index (χ0n) is 10.1. The smallest absolute Gasteiger partial charge is 0.323 e. The number of benzene rings is 1. The minimum absolute atomic E-state index is 0.0219. The first-order valence-corrected chi connectivity index (χ1v) is 6.95. The third-order valence-corrected chi connectivity index (χ3v) is 3.33. The molecule has 18 heavy (non-hydrogen) atoms. The van der Waals surface area contributed by atoms with Gasteiger partial charge >= 0.3 is 5.97 Å². The van der Waals surface area contributed by atoms with Crippen LogP contribution in [0.5, 0.6) is 5.75 Å². The van der Waals surface area contributed by atoms with Crippen LogP contribution in [0.2, 0.25) is 0 Å². The summed E-state index contributed by atoms with van der Waals surface area (Å²) in [6.45, 7) is 3.29.